The minimum absolute atomic E-state index is 0.291. The van der Waals surface area contributed by atoms with Gasteiger partial charge in [-0.05, 0) is 16.8 Å². The highest BCUT2D eigenvalue weighted by Gasteiger charge is 2.24. The molecule has 0 atom stereocenters. The van der Waals surface area contributed by atoms with Crippen molar-refractivity contribution in [2.45, 2.75) is 0 Å². The van der Waals surface area contributed by atoms with Crippen LogP contribution in [-0.2, 0) is 0 Å². The monoisotopic (exact) mass is 262 g/mol. The van der Waals surface area contributed by atoms with Crippen molar-refractivity contribution >= 4 is 33.4 Å². The number of rotatable bonds is 0. The molecule has 2 aromatic carbocycles. The van der Waals surface area contributed by atoms with Gasteiger partial charge < -0.3 is 0 Å². The van der Waals surface area contributed by atoms with Crippen LogP contribution in [0.2, 0.25) is 0 Å². The van der Waals surface area contributed by atoms with Crippen LogP contribution < -0.4 is 0 Å². The lowest BCUT2D eigenvalue weighted by Gasteiger charge is -2.11. The Morgan fingerprint density at radius 1 is 0.700 bits per heavy atom. The number of carbonyl (C=O) groups is 2. The highest BCUT2D eigenvalue weighted by Crippen LogP contribution is 2.31. The molecule has 0 aliphatic carbocycles. The highest BCUT2D eigenvalue weighted by atomic mass is 16.2. The van der Waals surface area contributed by atoms with Gasteiger partial charge in [0.05, 0.1) is 23.5 Å². The zero-order chi connectivity index (χ0) is 13.7. The van der Waals surface area contributed by atoms with Gasteiger partial charge in [-0.2, -0.15) is 10.2 Å². The summed E-state index contributed by atoms with van der Waals surface area (Å²) in [6.45, 7) is 0. The Labute approximate surface area is 112 Å². The molecular weight excluding hydrogens is 256 g/mol. The molecule has 1 aliphatic heterocycles. The third-order valence-electron chi connectivity index (χ3n) is 3.40. The third-order valence-corrected chi connectivity index (χ3v) is 3.40. The molecule has 0 spiro atoms. The van der Waals surface area contributed by atoms with Crippen LogP contribution in [-0.4, -0.2) is 22.0 Å². The van der Waals surface area contributed by atoms with Gasteiger partial charge in [-0.25, -0.2) is 0 Å². The molecule has 20 heavy (non-hydrogen) atoms. The Morgan fingerprint density at radius 2 is 1.45 bits per heavy atom. The second-order valence-electron chi connectivity index (χ2n) is 4.45. The van der Waals surface area contributed by atoms with Crippen molar-refractivity contribution in [3.05, 3.63) is 47.8 Å². The van der Waals surface area contributed by atoms with Gasteiger partial charge in [0.25, 0.3) is 11.8 Å². The molecule has 1 aliphatic rings. The van der Waals surface area contributed by atoms with E-state index >= 15 is 0 Å². The highest BCUT2D eigenvalue weighted by molar-refractivity contribution is 6.21. The third kappa shape index (κ3) is 1.33. The number of azo groups is 1. The predicted octanol–water partition coefficient (Wildman–Crippen LogP) is 2.53. The van der Waals surface area contributed by atoms with Gasteiger partial charge in [0.1, 0.15) is 0 Å². The number of carbonyl (C=O) groups excluding carboxylic acids is 2. The fraction of sp³-hybridized carbons (Fsp3) is 0. The zero-order valence-electron chi connectivity index (χ0n) is 10.1. The first-order valence-electron chi connectivity index (χ1n) is 5.92. The molecule has 2 amide bonds. The van der Waals surface area contributed by atoms with Gasteiger partial charge in [0.15, 0.2) is 0 Å². The molecule has 3 aromatic rings. The van der Waals surface area contributed by atoms with E-state index < -0.39 is 11.8 Å². The topological polar surface area (TPSA) is 84.6 Å². The van der Waals surface area contributed by atoms with Gasteiger partial charge in [0.2, 0.25) is 0 Å². The van der Waals surface area contributed by atoms with E-state index in [1.54, 1.807) is 30.6 Å². The van der Waals surface area contributed by atoms with Crippen molar-refractivity contribution in [3.63, 3.8) is 0 Å². The Bertz CT molecular complexity index is 946. The van der Waals surface area contributed by atoms with Crippen LogP contribution >= 0.6 is 0 Å². The lowest BCUT2D eigenvalue weighted by Crippen LogP contribution is -2.11. The molecule has 6 nitrogen and oxygen atoms in total. The summed E-state index contributed by atoms with van der Waals surface area (Å²) in [7, 11) is 0. The molecule has 0 saturated carbocycles. The molecular formula is C14H6N4O2. The maximum Gasteiger partial charge on any atom is 0.296 e. The van der Waals surface area contributed by atoms with E-state index in [0.29, 0.717) is 16.5 Å². The van der Waals surface area contributed by atoms with Crippen LogP contribution in [0.3, 0.4) is 0 Å². The molecule has 0 saturated heterocycles. The Morgan fingerprint density at radius 3 is 2.35 bits per heavy atom. The molecule has 1 aromatic heterocycles. The minimum atomic E-state index is -0.494. The normalized spacial score (nSPS) is 14.0. The molecule has 6 heteroatoms. The van der Waals surface area contributed by atoms with Crippen molar-refractivity contribution in [2.24, 2.45) is 10.2 Å². The number of hydrogen-bond acceptors (Lipinski definition) is 4. The van der Waals surface area contributed by atoms with Gasteiger partial charge >= 0.3 is 0 Å². The first kappa shape index (κ1) is 10.9. The second-order valence-corrected chi connectivity index (χ2v) is 4.45. The van der Waals surface area contributed by atoms with Crippen molar-refractivity contribution in [1.82, 2.24) is 10.2 Å². The van der Waals surface area contributed by atoms with Crippen molar-refractivity contribution in [1.29, 1.82) is 0 Å². The summed E-state index contributed by atoms with van der Waals surface area (Å²) >= 11 is 0. The molecule has 0 bridgehead atoms. The van der Waals surface area contributed by atoms with E-state index in [-0.39, 0.29) is 0 Å². The first-order valence-corrected chi connectivity index (χ1v) is 5.92. The average molecular weight is 262 g/mol. The number of aromatic nitrogens is 2. The van der Waals surface area contributed by atoms with Crippen molar-refractivity contribution < 1.29 is 9.59 Å². The van der Waals surface area contributed by atoms with Crippen molar-refractivity contribution in [3.8, 4) is 0 Å². The van der Waals surface area contributed by atoms with E-state index in [9.17, 15) is 9.59 Å². The number of nitrogens with zero attached hydrogens (tertiary/aromatic N) is 4. The summed E-state index contributed by atoms with van der Waals surface area (Å²) in [5.41, 5.74) is 0.597. The summed E-state index contributed by atoms with van der Waals surface area (Å²) in [4.78, 5) is 23.6. The van der Waals surface area contributed by atoms with Gasteiger partial charge in [-0.3, -0.25) is 9.59 Å². The summed E-state index contributed by atoms with van der Waals surface area (Å²) < 4.78 is 0. The summed E-state index contributed by atoms with van der Waals surface area (Å²) in [6.07, 6.45) is 3.29. The lowest BCUT2D eigenvalue weighted by molar-refractivity contribution is 0.0922. The van der Waals surface area contributed by atoms with Crippen LogP contribution in [0.15, 0.2) is 46.9 Å². The molecule has 0 fully saturated rings. The Hall–Kier alpha value is -3.02. The van der Waals surface area contributed by atoms with E-state index in [4.69, 9.17) is 0 Å². The molecule has 94 valence electrons. The van der Waals surface area contributed by atoms with Gasteiger partial charge in [-0.1, -0.05) is 18.2 Å². The molecule has 2 heterocycles. The van der Waals surface area contributed by atoms with Crippen LogP contribution in [0, 0.1) is 0 Å². The number of hydrogen-bond donors (Lipinski definition) is 0. The smallest absolute Gasteiger partial charge is 0.265 e. The van der Waals surface area contributed by atoms with Gasteiger partial charge in [0, 0.05) is 10.8 Å². The van der Waals surface area contributed by atoms with E-state index in [1.807, 2.05) is 6.07 Å². The van der Waals surface area contributed by atoms with E-state index in [0.717, 1.165) is 16.2 Å². The Balaban J connectivity index is 2.21. The fourth-order valence-corrected chi connectivity index (χ4v) is 2.49. The molecule has 0 N–H and O–H groups in total. The maximum absolute atomic E-state index is 11.9. The summed E-state index contributed by atoms with van der Waals surface area (Å²) in [5.74, 6) is -0.985. The first-order chi connectivity index (χ1) is 9.75. The standard InChI is InChI=1S/C14H6N4O2/c19-13-10-4-3-8-9(12(10)14(20)18-17-13)2-1-7-5-15-16-6-11(7)8/h1-6H. The van der Waals surface area contributed by atoms with E-state index in [2.05, 4.69) is 20.4 Å². The van der Waals surface area contributed by atoms with Crippen molar-refractivity contribution in [2.75, 3.05) is 0 Å². The SMILES string of the molecule is O=C1N=NC(=O)c2c1ccc1c2ccc2cnncc21. The average Bonchev–Trinajstić information content (AvgIpc) is 2.50. The van der Waals surface area contributed by atoms with Crippen LogP contribution in [0.4, 0.5) is 0 Å². The fourth-order valence-electron chi connectivity index (χ4n) is 2.49. The van der Waals surface area contributed by atoms with Crippen LogP contribution in [0.1, 0.15) is 20.7 Å². The predicted molar refractivity (Wildman–Crippen MR) is 70.6 cm³/mol. The summed E-state index contributed by atoms with van der Waals surface area (Å²) in [6, 6.07) is 7.04. The maximum atomic E-state index is 11.9. The second kappa shape index (κ2) is 3.74. The number of benzene rings is 2. The molecule has 0 unspecified atom stereocenters. The quantitative estimate of drug-likeness (QED) is 0.582. The van der Waals surface area contributed by atoms with Crippen LogP contribution in [0.25, 0.3) is 21.5 Å². The van der Waals surface area contributed by atoms with E-state index in [1.165, 1.54) is 0 Å². The van der Waals surface area contributed by atoms with Crippen LogP contribution in [0.5, 0.6) is 0 Å². The Kier molecular flexibility index (Phi) is 2.03. The zero-order valence-corrected chi connectivity index (χ0v) is 10.1. The molecule has 0 radical (unpaired) electrons. The largest absolute Gasteiger partial charge is 0.296 e. The number of amides is 2. The number of fused-ring (bicyclic) bond motifs is 5. The minimum Gasteiger partial charge on any atom is -0.265 e. The lowest BCUT2D eigenvalue weighted by atomic mass is 9.95. The molecule has 4 rings (SSSR count). The summed E-state index contributed by atoms with van der Waals surface area (Å²) in [5, 5.41) is 17.7. The van der Waals surface area contributed by atoms with Gasteiger partial charge in [-0.15, -0.1) is 10.2 Å².